The third-order valence-corrected chi connectivity index (χ3v) is 9.05. The second-order valence-corrected chi connectivity index (χ2v) is 12.6. The molecule has 220 valence electrons. The maximum absolute atomic E-state index is 13.9. The van der Waals surface area contributed by atoms with E-state index in [1.165, 1.54) is 16.7 Å². The van der Waals surface area contributed by atoms with Crippen LogP contribution in [0.5, 0.6) is 11.5 Å². The van der Waals surface area contributed by atoms with Crippen LogP contribution in [0.25, 0.3) is 0 Å². The number of carbonyl (C=O) groups is 3. The van der Waals surface area contributed by atoms with Crippen LogP contribution in [0, 0.1) is 6.92 Å². The minimum Gasteiger partial charge on any atom is -0.454 e. The monoisotopic (exact) mass is 589 g/mol. The molecule has 0 saturated carbocycles. The van der Waals surface area contributed by atoms with Crippen molar-refractivity contribution in [1.29, 1.82) is 0 Å². The first-order chi connectivity index (χ1) is 20.1. The van der Waals surface area contributed by atoms with Gasteiger partial charge in [-0.05, 0) is 62.1 Å². The van der Waals surface area contributed by atoms with Gasteiger partial charge in [0, 0.05) is 16.9 Å². The van der Waals surface area contributed by atoms with E-state index >= 15 is 0 Å². The van der Waals surface area contributed by atoms with Crippen molar-refractivity contribution in [3.63, 3.8) is 0 Å². The Morgan fingerprint density at radius 2 is 1.74 bits per heavy atom. The van der Waals surface area contributed by atoms with E-state index in [2.05, 4.69) is 10.6 Å². The van der Waals surface area contributed by atoms with Crippen LogP contribution >= 0.6 is 11.8 Å². The van der Waals surface area contributed by atoms with Crippen molar-refractivity contribution in [2.75, 3.05) is 12.7 Å². The Bertz CT molecular complexity index is 1460. The Balaban J connectivity index is 1.35. The van der Waals surface area contributed by atoms with Gasteiger partial charge in [-0.15, -0.1) is 11.8 Å². The largest absolute Gasteiger partial charge is 0.454 e. The maximum atomic E-state index is 13.9. The molecular formula is C32H35N3O6S. The second-order valence-electron chi connectivity index (χ2n) is 11.0. The number of rotatable bonds is 9. The molecule has 0 aliphatic carbocycles. The number of amides is 3. The maximum Gasteiger partial charge on any atom is 0.254 e. The lowest BCUT2D eigenvalue weighted by Gasteiger charge is -2.33. The molecule has 3 N–H and O–H groups in total. The van der Waals surface area contributed by atoms with Gasteiger partial charge in [0.15, 0.2) is 17.6 Å². The Hall–Kier alpha value is -4.02. The van der Waals surface area contributed by atoms with Crippen LogP contribution in [0.2, 0.25) is 0 Å². The summed E-state index contributed by atoms with van der Waals surface area (Å²) in [6.45, 7) is 6.22. The fraction of sp³-hybridized carbons (Fsp3) is 0.344. The summed E-state index contributed by atoms with van der Waals surface area (Å²) in [5, 5.41) is 17.3. The molecule has 0 radical (unpaired) electrons. The van der Waals surface area contributed by atoms with Crippen LogP contribution in [-0.4, -0.2) is 63.3 Å². The predicted octanol–water partition coefficient (Wildman–Crippen LogP) is 3.42. The molecule has 3 amide bonds. The van der Waals surface area contributed by atoms with Gasteiger partial charge in [0.1, 0.15) is 6.04 Å². The molecule has 9 nitrogen and oxygen atoms in total. The van der Waals surface area contributed by atoms with E-state index in [0.717, 1.165) is 16.7 Å². The normalized spacial score (nSPS) is 18.3. The third kappa shape index (κ3) is 6.39. The highest BCUT2D eigenvalue weighted by Crippen LogP contribution is 2.40. The highest BCUT2D eigenvalue weighted by atomic mass is 32.2. The number of fused-ring (bicyclic) bond motifs is 1. The lowest BCUT2D eigenvalue weighted by atomic mass is 9.96. The molecule has 10 heteroatoms. The van der Waals surface area contributed by atoms with E-state index in [1.54, 1.807) is 18.2 Å². The van der Waals surface area contributed by atoms with Crippen molar-refractivity contribution in [2.24, 2.45) is 0 Å². The number of nitrogens with one attached hydrogen (secondary N) is 2. The number of ether oxygens (including phenoxy) is 2. The summed E-state index contributed by atoms with van der Waals surface area (Å²) < 4.78 is 10.1. The Morgan fingerprint density at radius 3 is 2.50 bits per heavy atom. The van der Waals surface area contributed by atoms with Gasteiger partial charge in [0.2, 0.25) is 12.7 Å². The van der Waals surface area contributed by atoms with Crippen LogP contribution in [0.4, 0.5) is 0 Å². The second kappa shape index (κ2) is 12.5. The first-order valence-corrected chi connectivity index (χ1v) is 14.8. The van der Waals surface area contributed by atoms with E-state index in [4.69, 9.17) is 9.47 Å². The van der Waals surface area contributed by atoms with Crippen LogP contribution in [-0.2, 0) is 22.6 Å². The Kier molecular flexibility index (Phi) is 8.74. The molecule has 3 unspecified atom stereocenters. The van der Waals surface area contributed by atoms with Gasteiger partial charge in [-0.25, -0.2) is 0 Å². The van der Waals surface area contributed by atoms with Gasteiger partial charge < -0.3 is 30.1 Å². The third-order valence-electron chi connectivity index (χ3n) is 7.68. The summed E-state index contributed by atoms with van der Waals surface area (Å²) in [7, 11) is 0. The van der Waals surface area contributed by atoms with Gasteiger partial charge in [0.25, 0.3) is 11.8 Å². The molecular weight excluding hydrogens is 554 g/mol. The van der Waals surface area contributed by atoms with Crippen LogP contribution in [0.3, 0.4) is 0 Å². The standard InChI is InChI=1S/C32H35N3O6S/c1-20-9-7-8-12-23(20)17-33-30(38)28-32(2,3)42-18-35(28)31(39)27(36)24(15-21-10-5-4-6-11-21)34-29(37)22-13-14-25-26(16-22)41-19-40-25/h4-14,16,24,27-28,36H,15,17-19H2,1-3H3,(H,33,38)(H,34,37). The number of aliphatic hydroxyl groups excluding tert-OH is 1. The van der Waals surface area contributed by atoms with E-state index in [0.29, 0.717) is 23.6 Å². The Labute approximate surface area is 249 Å². The Morgan fingerprint density at radius 1 is 1.02 bits per heavy atom. The van der Waals surface area contributed by atoms with Crippen molar-refractivity contribution >= 4 is 29.5 Å². The van der Waals surface area contributed by atoms with Crippen molar-refractivity contribution < 1.29 is 29.0 Å². The minimum atomic E-state index is -1.59. The smallest absolute Gasteiger partial charge is 0.254 e. The first kappa shape index (κ1) is 29.5. The average molecular weight is 590 g/mol. The molecule has 0 bridgehead atoms. The number of benzene rings is 3. The molecule has 0 spiro atoms. The average Bonchev–Trinajstić information content (AvgIpc) is 3.59. The summed E-state index contributed by atoms with van der Waals surface area (Å²) >= 11 is 1.47. The molecule has 5 rings (SSSR count). The SMILES string of the molecule is Cc1ccccc1CNC(=O)C1N(C(=O)C(O)C(Cc2ccccc2)NC(=O)c2ccc3c(c2)OCO3)CSC1(C)C. The number of carbonyl (C=O) groups excluding carboxylic acids is 3. The zero-order valence-electron chi connectivity index (χ0n) is 23.8. The fourth-order valence-corrected chi connectivity index (χ4v) is 6.38. The van der Waals surface area contributed by atoms with Crippen molar-refractivity contribution in [3.05, 3.63) is 95.1 Å². The van der Waals surface area contributed by atoms with Gasteiger partial charge >= 0.3 is 0 Å². The topological polar surface area (TPSA) is 117 Å². The zero-order valence-corrected chi connectivity index (χ0v) is 24.6. The van der Waals surface area contributed by atoms with Gasteiger partial charge in [-0.1, -0.05) is 54.6 Å². The molecule has 2 aliphatic rings. The summed E-state index contributed by atoms with van der Waals surface area (Å²) in [5.41, 5.74) is 3.19. The van der Waals surface area contributed by atoms with E-state index in [-0.39, 0.29) is 25.0 Å². The number of hydrogen-bond acceptors (Lipinski definition) is 7. The zero-order chi connectivity index (χ0) is 29.9. The number of aliphatic hydroxyl groups is 1. The van der Waals surface area contributed by atoms with E-state index in [9.17, 15) is 19.5 Å². The summed E-state index contributed by atoms with van der Waals surface area (Å²) in [6, 6.07) is 20.2. The molecule has 3 aromatic rings. The molecule has 1 fully saturated rings. The highest BCUT2D eigenvalue weighted by molar-refractivity contribution is 8.00. The number of nitrogens with zero attached hydrogens (tertiary/aromatic N) is 1. The molecule has 3 atom stereocenters. The van der Waals surface area contributed by atoms with E-state index in [1.807, 2.05) is 75.4 Å². The lowest BCUT2D eigenvalue weighted by Crippen LogP contribution is -2.58. The van der Waals surface area contributed by atoms with Crippen LogP contribution in [0.15, 0.2) is 72.8 Å². The van der Waals surface area contributed by atoms with Crippen molar-refractivity contribution in [1.82, 2.24) is 15.5 Å². The fourth-order valence-electron chi connectivity index (χ4n) is 5.24. The molecule has 2 aliphatic heterocycles. The molecule has 1 saturated heterocycles. The summed E-state index contributed by atoms with van der Waals surface area (Å²) in [4.78, 5) is 42.1. The van der Waals surface area contributed by atoms with Crippen molar-refractivity contribution in [2.45, 2.75) is 56.7 Å². The molecule has 3 aromatic carbocycles. The quantitative estimate of drug-likeness (QED) is 0.350. The number of aryl methyl sites for hydroxylation is 1. The molecule has 0 aromatic heterocycles. The minimum absolute atomic E-state index is 0.0775. The molecule has 2 heterocycles. The summed E-state index contributed by atoms with van der Waals surface area (Å²) in [6.07, 6.45) is -1.39. The summed E-state index contributed by atoms with van der Waals surface area (Å²) in [5.74, 6) is -0.142. The number of hydrogen-bond donors (Lipinski definition) is 3. The van der Waals surface area contributed by atoms with Crippen LogP contribution in [0.1, 0.15) is 40.9 Å². The van der Waals surface area contributed by atoms with Gasteiger partial charge in [-0.2, -0.15) is 0 Å². The predicted molar refractivity (Wildman–Crippen MR) is 160 cm³/mol. The lowest BCUT2D eigenvalue weighted by molar-refractivity contribution is -0.147. The molecule has 42 heavy (non-hydrogen) atoms. The first-order valence-electron chi connectivity index (χ1n) is 13.8. The van der Waals surface area contributed by atoms with Crippen LogP contribution < -0.4 is 20.1 Å². The van der Waals surface area contributed by atoms with Crippen molar-refractivity contribution in [3.8, 4) is 11.5 Å². The van der Waals surface area contributed by atoms with E-state index < -0.39 is 34.7 Å². The highest BCUT2D eigenvalue weighted by Gasteiger charge is 2.49. The number of thioether (sulfide) groups is 1. The van der Waals surface area contributed by atoms with Gasteiger partial charge in [0.05, 0.1) is 11.9 Å². The van der Waals surface area contributed by atoms with Gasteiger partial charge in [-0.3, -0.25) is 14.4 Å².